The summed E-state index contributed by atoms with van der Waals surface area (Å²) in [6, 6.07) is 0. The molecule has 1 unspecified atom stereocenters. The summed E-state index contributed by atoms with van der Waals surface area (Å²) < 4.78 is 0. The molecule has 0 aromatic heterocycles. The Kier molecular flexibility index (Phi) is 6.07. The zero-order valence-corrected chi connectivity index (χ0v) is 9.23. The fraction of sp³-hybridized carbons (Fsp3) is 0.545. The molecule has 0 saturated carbocycles. The van der Waals surface area contributed by atoms with Crippen LogP contribution in [-0.2, 0) is 14.4 Å². The van der Waals surface area contributed by atoms with Gasteiger partial charge in [0.1, 0.15) is 5.78 Å². The van der Waals surface area contributed by atoms with Gasteiger partial charge in [0.2, 0.25) is 0 Å². The van der Waals surface area contributed by atoms with Gasteiger partial charge in [-0.3, -0.25) is 4.79 Å². The van der Waals surface area contributed by atoms with Crippen LogP contribution in [0.1, 0.15) is 32.6 Å². The lowest BCUT2D eigenvalue weighted by Gasteiger charge is -2.11. The van der Waals surface area contributed by atoms with E-state index in [4.69, 9.17) is 10.2 Å². The number of rotatable bonds is 8. The highest BCUT2D eigenvalue weighted by Gasteiger charge is 2.24. The molecule has 5 nitrogen and oxygen atoms in total. The molecule has 0 fully saturated rings. The zero-order valence-electron chi connectivity index (χ0n) is 9.23. The minimum atomic E-state index is -1.29. The van der Waals surface area contributed by atoms with Gasteiger partial charge in [0, 0.05) is 12.0 Å². The maximum absolute atomic E-state index is 10.8. The van der Waals surface area contributed by atoms with Crippen molar-refractivity contribution in [2.24, 2.45) is 5.92 Å². The quantitative estimate of drug-likeness (QED) is 0.485. The normalized spacial score (nSPS) is 11.8. The summed E-state index contributed by atoms with van der Waals surface area (Å²) in [4.78, 5) is 32.0. The number of hydrogen-bond acceptors (Lipinski definition) is 3. The maximum Gasteiger partial charge on any atom is 0.331 e. The highest BCUT2D eigenvalue weighted by molar-refractivity contribution is 5.93. The minimum absolute atomic E-state index is 0.0453. The molecular weight excluding hydrogens is 212 g/mol. The minimum Gasteiger partial charge on any atom is -0.481 e. The topological polar surface area (TPSA) is 91.7 Å². The number of unbranched alkanes of at least 4 members (excludes halogenated alkanes) is 1. The lowest BCUT2D eigenvalue weighted by Crippen LogP contribution is -2.20. The van der Waals surface area contributed by atoms with Crippen molar-refractivity contribution in [2.75, 3.05) is 0 Å². The van der Waals surface area contributed by atoms with E-state index in [2.05, 4.69) is 6.58 Å². The summed E-state index contributed by atoms with van der Waals surface area (Å²) in [5, 5.41) is 17.4. The van der Waals surface area contributed by atoms with Gasteiger partial charge in [0.05, 0.1) is 5.92 Å². The summed E-state index contributed by atoms with van der Waals surface area (Å²) in [7, 11) is 0. The van der Waals surface area contributed by atoms with Crippen LogP contribution in [0.15, 0.2) is 12.2 Å². The zero-order chi connectivity index (χ0) is 12.7. The molecule has 0 aliphatic heterocycles. The fourth-order valence-corrected chi connectivity index (χ4v) is 1.32. The van der Waals surface area contributed by atoms with Gasteiger partial charge in [-0.15, -0.1) is 0 Å². The smallest absolute Gasteiger partial charge is 0.331 e. The third-order valence-corrected chi connectivity index (χ3v) is 2.27. The van der Waals surface area contributed by atoms with E-state index >= 15 is 0 Å². The van der Waals surface area contributed by atoms with Crippen molar-refractivity contribution in [1.29, 1.82) is 0 Å². The van der Waals surface area contributed by atoms with E-state index in [0.29, 0.717) is 19.3 Å². The predicted octanol–water partition coefficient (Wildman–Crippen LogP) is 1.48. The van der Waals surface area contributed by atoms with Crippen molar-refractivity contribution in [3.8, 4) is 0 Å². The average molecular weight is 228 g/mol. The molecule has 0 spiro atoms. The number of ketones is 1. The standard InChI is InChI=1S/C11H16O5/c1-7(12)5-3-4-6-9(11(15)16)8(2)10(13)14/h9H,2-6H2,1H3,(H,13,14)(H,15,16). The van der Waals surface area contributed by atoms with Crippen molar-refractivity contribution in [3.05, 3.63) is 12.2 Å². The Hall–Kier alpha value is -1.65. The van der Waals surface area contributed by atoms with Gasteiger partial charge < -0.3 is 15.0 Å². The first-order chi connectivity index (χ1) is 7.36. The number of aliphatic carboxylic acids is 2. The van der Waals surface area contributed by atoms with Crippen LogP contribution in [0.2, 0.25) is 0 Å². The lowest BCUT2D eigenvalue weighted by atomic mass is 9.94. The molecule has 0 bridgehead atoms. The first-order valence-electron chi connectivity index (χ1n) is 5.00. The predicted molar refractivity (Wildman–Crippen MR) is 57.1 cm³/mol. The monoisotopic (exact) mass is 228 g/mol. The van der Waals surface area contributed by atoms with Crippen LogP contribution in [0.4, 0.5) is 0 Å². The molecule has 0 saturated heterocycles. The van der Waals surface area contributed by atoms with Crippen molar-refractivity contribution in [1.82, 2.24) is 0 Å². The first kappa shape index (κ1) is 14.3. The van der Waals surface area contributed by atoms with Gasteiger partial charge in [-0.2, -0.15) is 0 Å². The van der Waals surface area contributed by atoms with Gasteiger partial charge >= 0.3 is 11.9 Å². The molecule has 0 aliphatic rings. The number of carbonyl (C=O) groups excluding carboxylic acids is 1. The maximum atomic E-state index is 10.8. The molecule has 0 aromatic rings. The van der Waals surface area contributed by atoms with Gasteiger partial charge in [-0.05, 0) is 19.8 Å². The highest BCUT2D eigenvalue weighted by Crippen LogP contribution is 2.18. The van der Waals surface area contributed by atoms with Crippen molar-refractivity contribution in [3.63, 3.8) is 0 Å². The molecule has 0 radical (unpaired) electrons. The van der Waals surface area contributed by atoms with Crippen molar-refractivity contribution < 1.29 is 24.6 Å². The second-order valence-corrected chi connectivity index (χ2v) is 3.67. The van der Waals surface area contributed by atoms with Crippen molar-refractivity contribution >= 4 is 17.7 Å². The number of carbonyl (C=O) groups is 3. The Morgan fingerprint density at radius 3 is 2.12 bits per heavy atom. The van der Waals surface area contributed by atoms with E-state index in [1.807, 2.05) is 0 Å². The Balaban J connectivity index is 4.16. The molecule has 2 N–H and O–H groups in total. The summed E-state index contributed by atoms with van der Waals surface area (Å²) >= 11 is 0. The largest absolute Gasteiger partial charge is 0.481 e. The van der Waals surface area contributed by atoms with Crippen LogP contribution in [0, 0.1) is 5.92 Å². The Bertz CT molecular complexity index is 305. The molecular formula is C11H16O5. The van der Waals surface area contributed by atoms with E-state index in [9.17, 15) is 14.4 Å². The van der Waals surface area contributed by atoms with E-state index in [0.717, 1.165) is 0 Å². The molecule has 90 valence electrons. The Morgan fingerprint density at radius 2 is 1.75 bits per heavy atom. The number of carboxylic acids is 2. The summed E-state index contributed by atoms with van der Waals surface area (Å²) in [6.45, 7) is 4.71. The average Bonchev–Trinajstić information content (AvgIpc) is 2.15. The first-order valence-corrected chi connectivity index (χ1v) is 5.00. The summed E-state index contributed by atoms with van der Waals surface area (Å²) in [5.74, 6) is -3.50. The second kappa shape index (κ2) is 6.76. The van der Waals surface area contributed by atoms with Crippen LogP contribution < -0.4 is 0 Å². The van der Waals surface area contributed by atoms with E-state index in [1.165, 1.54) is 6.92 Å². The molecule has 0 aliphatic carbocycles. The molecule has 0 rings (SSSR count). The van der Waals surface area contributed by atoms with Crippen LogP contribution >= 0.6 is 0 Å². The third kappa shape index (κ3) is 5.29. The highest BCUT2D eigenvalue weighted by atomic mass is 16.4. The van der Waals surface area contributed by atoms with E-state index < -0.39 is 17.9 Å². The van der Waals surface area contributed by atoms with Gasteiger partial charge in [-0.25, -0.2) is 4.79 Å². The van der Waals surface area contributed by atoms with Gasteiger partial charge in [0.15, 0.2) is 0 Å². The van der Waals surface area contributed by atoms with Gasteiger partial charge in [-0.1, -0.05) is 13.0 Å². The van der Waals surface area contributed by atoms with Gasteiger partial charge in [0.25, 0.3) is 0 Å². The van der Waals surface area contributed by atoms with Crippen LogP contribution in [-0.4, -0.2) is 27.9 Å². The molecule has 5 heteroatoms. The third-order valence-electron chi connectivity index (χ3n) is 2.27. The van der Waals surface area contributed by atoms with E-state index in [-0.39, 0.29) is 17.8 Å². The molecule has 0 amide bonds. The fourth-order valence-electron chi connectivity index (χ4n) is 1.32. The Morgan fingerprint density at radius 1 is 1.19 bits per heavy atom. The summed E-state index contributed by atoms with van der Waals surface area (Å²) in [6.07, 6.45) is 1.68. The molecule has 0 heterocycles. The lowest BCUT2D eigenvalue weighted by molar-refractivity contribution is -0.144. The number of carboxylic acid groups (broad SMARTS) is 2. The number of Topliss-reactive ketones (excluding diaryl/α,β-unsaturated/α-hetero) is 1. The molecule has 16 heavy (non-hydrogen) atoms. The SMILES string of the molecule is C=C(C(=O)O)C(CCCCC(C)=O)C(=O)O. The Labute approximate surface area is 93.8 Å². The van der Waals surface area contributed by atoms with Crippen LogP contribution in [0.3, 0.4) is 0 Å². The molecule has 1 atom stereocenters. The van der Waals surface area contributed by atoms with E-state index in [1.54, 1.807) is 0 Å². The van der Waals surface area contributed by atoms with Crippen molar-refractivity contribution in [2.45, 2.75) is 32.6 Å². The number of hydrogen-bond donors (Lipinski definition) is 2. The summed E-state index contributed by atoms with van der Waals surface area (Å²) in [5.41, 5.74) is -0.310. The second-order valence-electron chi connectivity index (χ2n) is 3.67. The molecule has 0 aromatic carbocycles. The van der Waals surface area contributed by atoms with Crippen LogP contribution in [0.25, 0.3) is 0 Å². The van der Waals surface area contributed by atoms with Crippen LogP contribution in [0.5, 0.6) is 0 Å².